The van der Waals surface area contributed by atoms with Crippen molar-refractivity contribution in [1.82, 2.24) is 10.2 Å². The molecule has 116 valence electrons. The maximum absolute atomic E-state index is 7.24. The van der Waals surface area contributed by atoms with Gasteiger partial charge in [0.1, 0.15) is 5.71 Å². The van der Waals surface area contributed by atoms with Crippen LogP contribution in [0.25, 0.3) is 9.69 Å². The number of nitrogens with zero attached hydrogens (tertiary/aromatic N) is 6. The molecule has 0 spiro atoms. The first-order chi connectivity index (χ1) is 10.5. The molecule has 7 heteroatoms. The van der Waals surface area contributed by atoms with Gasteiger partial charge in [-0.05, 0) is 19.3 Å². The summed E-state index contributed by atoms with van der Waals surface area (Å²) in [6.45, 7) is 22.9. The van der Waals surface area contributed by atoms with Crippen molar-refractivity contribution in [2.24, 2.45) is 15.2 Å². The Labute approximate surface area is 131 Å². The molecule has 0 fully saturated rings. The molecule has 0 aliphatic carbocycles. The summed E-state index contributed by atoms with van der Waals surface area (Å²) in [7, 11) is 0. The summed E-state index contributed by atoms with van der Waals surface area (Å²) in [4.78, 5) is 11.2. The highest BCUT2D eigenvalue weighted by molar-refractivity contribution is 5.88. The molecule has 1 heterocycles. The molecule has 1 aromatic heterocycles. The van der Waals surface area contributed by atoms with Crippen LogP contribution < -0.4 is 0 Å². The van der Waals surface area contributed by atoms with Crippen molar-refractivity contribution in [3.63, 3.8) is 0 Å². The van der Waals surface area contributed by atoms with E-state index in [0.717, 1.165) is 18.5 Å². The fourth-order valence-electron chi connectivity index (χ4n) is 1.73. The first-order valence-electron chi connectivity index (χ1n) is 7.29. The summed E-state index contributed by atoms with van der Waals surface area (Å²) in [5.41, 5.74) is 1.73. The Kier molecular flexibility index (Phi) is 6.91. The standard InChI is InChI=1S/C15H21N7/c1-7-8-9-18-11(4)14(17-6)20-22-15-13(16-5)12(10(2)3)19-21-15/h10,14H,7-9H2,1-4H3,(H,19,21). The van der Waals surface area contributed by atoms with Crippen molar-refractivity contribution in [2.45, 2.75) is 52.6 Å². The van der Waals surface area contributed by atoms with Gasteiger partial charge in [-0.1, -0.05) is 32.3 Å². The third-order valence-corrected chi connectivity index (χ3v) is 3.07. The molecule has 1 aromatic rings. The molecule has 0 aliphatic rings. The molecule has 1 rings (SSSR count). The van der Waals surface area contributed by atoms with Gasteiger partial charge < -0.3 is 0 Å². The van der Waals surface area contributed by atoms with Gasteiger partial charge in [0, 0.05) is 12.2 Å². The van der Waals surface area contributed by atoms with Gasteiger partial charge in [0.15, 0.2) is 0 Å². The molecule has 0 amide bonds. The minimum Gasteiger partial charge on any atom is -0.292 e. The van der Waals surface area contributed by atoms with Gasteiger partial charge in [-0.25, -0.2) is 11.4 Å². The van der Waals surface area contributed by atoms with E-state index in [4.69, 9.17) is 13.1 Å². The predicted molar refractivity (Wildman–Crippen MR) is 86.7 cm³/mol. The highest BCUT2D eigenvalue weighted by atomic mass is 15.3. The minimum absolute atomic E-state index is 0.148. The SMILES string of the molecule is [C-]#[N+]c1c(N=NC([N+]#[C-])C(C)=NCCCC)n[nH]c1C(C)C. The van der Waals surface area contributed by atoms with Crippen molar-refractivity contribution in [3.05, 3.63) is 28.5 Å². The van der Waals surface area contributed by atoms with E-state index in [0.29, 0.717) is 17.9 Å². The number of rotatable bonds is 7. The van der Waals surface area contributed by atoms with Crippen LogP contribution in [-0.2, 0) is 0 Å². The van der Waals surface area contributed by atoms with Gasteiger partial charge in [0.25, 0.3) is 5.69 Å². The average molecular weight is 299 g/mol. The Morgan fingerprint density at radius 3 is 2.64 bits per heavy atom. The second-order valence-electron chi connectivity index (χ2n) is 5.17. The second kappa shape index (κ2) is 8.68. The van der Waals surface area contributed by atoms with Crippen molar-refractivity contribution in [1.29, 1.82) is 0 Å². The summed E-state index contributed by atoms with van der Waals surface area (Å²) in [6.07, 6.45) is 1.29. The molecule has 7 nitrogen and oxygen atoms in total. The summed E-state index contributed by atoms with van der Waals surface area (Å²) >= 11 is 0. The number of aromatic amines is 1. The normalized spacial score (nSPS) is 13.3. The maximum Gasteiger partial charge on any atom is 0.370 e. The Hall–Kier alpha value is -2.54. The lowest BCUT2D eigenvalue weighted by Gasteiger charge is -2.00. The molecule has 0 aliphatic heterocycles. The average Bonchev–Trinajstić information content (AvgIpc) is 2.91. The number of nitrogens with one attached hydrogen (secondary N) is 1. The van der Waals surface area contributed by atoms with Crippen molar-refractivity contribution in [3.8, 4) is 0 Å². The molecule has 0 saturated carbocycles. The van der Waals surface area contributed by atoms with Crippen molar-refractivity contribution >= 4 is 17.2 Å². The van der Waals surface area contributed by atoms with Crippen LogP contribution in [-0.4, -0.2) is 28.6 Å². The number of azo groups is 1. The van der Waals surface area contributed by atoms with Crippen molar-refractivity contribution in [2.75, 3.05) is 6.54 Å². The Morgan fingerprint density at radius 2 is 2.09 bits per heavy atom. The molecule has 0 bridgehead atoms. The molecular weight excluding hydrogens is 278 g/mol. The fraction of sp³-hybridized carbons (Fsp3) is 0.600. The van der Waals surface area contributed by atoms with Crippen LogP contribution in [0.15, 0.2) is 15.2 Å². The third kappa shape index (κ3) is 4.49. The summed E-state index contributed by atoms with van der Waals surface area (Å²) in [5, 5.41) is 14.8. The zero-order chi connectivity index (χ0) is 16.5. The smallest absolute Gasteiger partial charge is 0.292 e. The molecule has 0 saturated heterocycles. The summed E-state index contributed by atoms with van der Waals surface area (Å²) in [5.74, 6) is 0.378. The van der Waals surface area contributed by atoms with E-state index in [1.165, 1.54) is 0 Å². The van der Waals surface area contributed by atoms with Crippen molar-refractivity contribution < 1.29 is 0 Å². The Balaban J connectivity index is 2.93. The van der Waals surface area contributed by atoms with E-state index >= 15 is 0 Å². The van der Waals surface area contributed by atoms with E-state index in [-0.39, 0.29) is 11.7 Å². The van der Waals surface area contributed by atoms with E-state index in [1.807, 2.05) is 13.8 Å². The van der Waals surface area contributed by atoms with E-state index < -0.39 is 6.17 Å². The van der Waals surface area contributed by atoms with Crippen LogP contribution in [0.3, 0.4) is 0 Å². The topological polar surface area (TPSA) is 74.5 Å². The number of H-pyrrole nitrogens is 1. The van der Waals surface area contributed by atoms with E-state index in [1.54, 1.807) is 6.92 Å². The molecule has 0 aromatic carbocycles. The highest BCUT2D eigenvalue weighted by Crippen LogP contribution is 2.33. The minimum atomic E-state index is -0.755. The maximum atomic E-state index is 7.24. The van der Waals surface area contributed by atoms with Gasteiger partial charge in [-0.15, -0.1) is 5.11 Å². The molecule has 1 N–H and O–H groups in total. The van der Waals surface area contributed by atoms with Gasteiger partial charge >= 0.3 is 6.17 Å². The monoisotopic (exact) mass is 299 g/mol. The molecule has 22 heavy (non-hydrogen) atoms. The number of hydrogen-bond acceptors (Lipinski definition) is 4. The van der Waals surface area contributed by atoms with E-state index in [2.05, 4.69) is 42.0 Å². The van der Waals surface area contributed by atoms with Crippen LogP contribution in [0.1, 0.15) is 52.1 Å². The largest absolute Gasteiger partial charge is 0.370 e. The summed E-state index contributed by atoms with van der Waals surface area (Å²) in [6, 6.07) is 0. The predicted octanol–water partition coefficient (Wildman–Crippen LogP) is 4.67. The Morgan fingerprint density at radius 1 is 1.36 bits per heavy atom. The van der Waals surface area contributed by atoms with Crippen LogP contribution in [0.2, 0.25) is 0 Å². The van der Waals surface area contributed by atoms with Crippen LogP contribution >= 0.6 is 0 Å². The van der Waals surface area contributed by atoms with E-state index in [9.17, 15) is 0 Å². The lowest BCUT2D eigenvalue weighted by molar-refractivity contribution is 0.800. The Bertz CT molecular complexity index is 625. The number of hydrogen-bond donors (Lipinski definition) is 1. The molecular formula is C15H21N7. The lowest BCUT2D eigenvalue weighted by Crippen LogP contribution is -2.10. The van der Waals surface area contributed by atoms with Crippen LogP contribution in [0, 0.1) is 13.1 Å². The number of aromatic nitrogens is 2. The first kappa shape index (κ1) is 17.5. The number of unbranched alkanes of at least 4 members (excludes halogenated alkanes) is 1. The fourth-order valence-corrected chi connectivity index (χ4v) is 1.73. The van der Waals surface area contributed by atoms with Crippen LogP contribution in [0.5, 0.6) is 0 Å². The molecule has 0 radical (unpaired) electrons. The van der Waals surface area contributed by atoms with Gasteiger partial charge in [0.05, 0.1) is 6.57 Å². The van der Waals surface area contributed by atoms with Gasteiger partial charge in [0.2, 0.25) is 5.82 Å². The first-order valence-corrected chi connectivity index (χ1v) is 7.29. The molecule has 1 unspecified atom stereocenters. The lowest BCUT2D eigenvalue weighted by atomic mass is 10.1. The highest BCUT2D eigenvalue weighted by Gasteiger charge is 2.18. The number of aliphatic imine (C=N–C) groups is 1. The van der Waals surface area contributed by atoms with Crippen LogP contribution in [0.4, 0.5) is 11.5 Å². The van der Waals surface area contributed by atoms with Gasteiger partial charge in [-0.3, -0.25) is 14.9 Å². The zero-order valence-electron chi connectivity index (χ0n) is 13.5. The zero-order valence-corrected chi connectivity index (χ0v) is 13.5. The quantitative estimate of drug-likeness (QED) is 0.338. The molecule has 1 atom stereocenters. The third-order valence-electron chi connectivity index (χ3n) is 3.07. The second-order valence-corrected chi connectivity index (χ2v) is 5.17. The van der Waals surface area contributed by atoms with Gasteiger partial charge in [-0.2, -0.15) is 5.10 Å². The summed E-state index contributed by atoms with van der Waals surface area (Å²) < 4.78 is 0.